The largest absolute Gasteiger partial charge is 0.364 e. The summed E-state index contributed by atoms with van der Waals surface area (Å²) >= 11 is 0. The van der Waals surface area contributed by atoms with E-state index in [1.54, 1.807) is 0 Å². The summed E-state index contributed by atoms with van der Waals surface area (Å²) in [5, 5.41) is 14.4. The number of nitro groups is 1. The van der Waals surface area contributed by atoms with Crippen LogP contribution < -0.4 is 10.2 Å². The highest BCUT2D eigenvalue weighted by Crippen LogP contribution is 2.36. The molecule has 1 aliphatic rings. The van der Waals surface area contributed by atoms with Gasteiger partial charge in [0.1, 0.15) is 6.33 Å². The molecule has 20 heavy (non-hydrogen) atoms. The van der Waals surface area contributed by atoms with Gasteiger partial charge in [-0.15, -0.1) is 0 Å². The van der Waals surface area contributed by atoms with Crippen molar-refractivity contribution in [3.8, 4) is 0 Å². The van der Waals surface area contributed by atoms with Gasteiger partial charge in [0.05, 0.1) is 4.92 Å². The van der Waals surface area contributed by atoms with Gasteiger partial charge >= 0.3 is 5.69 Å². The Bertz CT molecular complexity index is 480. The van der Waals surface area contributed by atoms with E-state index in [0.717, 1.165) is 32.2 Å². The minimum absolute atomic E-state index is 0.00120. The number of rotatable bonds is 6. The summed E-state index contributed by atoms with van der Waals surface area (Å²) < 4.78 is 0. The van der Waals surface area contributed by atoms with Crippen LogP contribution in [0.15, 0.2) is 6.33 Å². The van der Waals surface area contributed by atoms with Crippen LogP contribution in [0, 0.1) is 10.1 Å². The molecule has 0 spiro atoms. The molecule has 7 nitrogen and oxygen atoms in total. The van der Waals surface area contributed by atoms with Crippen molar-refractivity contribution in [1.29, 1.82) is 0 Å². The average Bonchev–Trinajstić information content (AvgIpc) is 2.92. The standard InChI is InChI=1S/C13H21N5O2/c1-3-7-14-12-11(18(19)20)13(16-9-15-12)17-8-5-6-10(17)4-2/h9-10H,3-8H2,1-2H3,(H,14,15,16). The Morgan fingerprint density at radius 3 is 2.95 bits per heavy atom. The molecule has 1 saturated heterocycles. The monoisotopic (exact) mass is 279 g/mol. The first-order chi connectivity index (χ1) is 9.69. The summed E-state index contributed by atoms with van der Waals surface area (Å²) in [5.74, 6) is 0.775. The topological polar surface area (TPSA) is 84.2 Å². The van der Waals surface area contributed by atoms with Crippen LogP contribution in [0.1, 0.15) is 39.5 Å². The number of anilines is 2. The van der Waals surface area contributed by atoms with Crippen molar-refractivity contribution in [2.75, 3.05) is 23.3 Å². The van der Waals surface area contributed by atoms with Crippen LogP contribution in [0.25, 0.3) is 0 Å². The Morgan fingerprint density at radius 2 is 2.30 bits per heavy atom. The maximum absolute atomic E-state index is 11.4. The molecule has 1 N–H and O–H groups in total. The first-order valence-electron chi connectivity index (χ1n) is 7.18. The van der Waals surface area contributed by atoms with Crippen LogP contribution >= 0.6 is 0 Å². The van der Waals surface area contributed by atoms with E-state index in [4.69, 9.17) is 0 Å². The maximum atomic E-state index is 11.4. The lowest BCUT2D eigenvalue weighted by molar-refractivity contribution is -0.383. The third-order valence-electron chi connectivity index (χ3n) is 3.65. The van der Waals surface area contributed by atoms with E-state index in [1.165, 1.54) is 6.33 Å². The molecular formula is C13H21N5O2. The second-order valence-corrected chi connectivity index (χ2v) is 4.98. The molecule has 110 valence electrons. The number of aromatic nitrogens is 2. The van der Waals surface area contributed by atoms with Crippen molar-refractivity contribution >= 4 is 17.3 Å². The fourth-order valence-corrected chi connectivity index (χ4v) is 2.66. The van der Waals surface area contributed by atoms with Crippen LogP contribution in [0.4, 0.5) is 17.3 Å². The van der Waals surface area contributed by atoms with Crippen molar-refractivity contribution < 1.29 is 4.92 Å². The minimum atomic E-state index is -0.377. The molecule has 0 radical (unpaired) electrons. The first-order valence-corrected chi connectivity index (χ1v) is 7.18. The molecule has 1 fully saturated rings. The molecule has 2 rings (SSSR count). The fraction of sp³-hybridized carbons (Fsp3) is 0.692. The highest BCUT2D eigenvalue weighted by molar-refractivity contribution is 5.70. The predicted octanol–water partition coefficient (Wildman–Crippen LogP) is 2.59. The maximum Gasteiger partial charge on any atom is 0.353 e. The number of hydrogen-bond donors (Lipinski definition) is 1. The Kier molecular flexibility index (Phi) is 4.70. The van der Waals surface area contributed by atoms with Gasteiger partial charge in [-0.2, -0.15) is 0 Å². The molecule has 0 amide bonds. The minimum Gasteiger partial charge on any atom is -0.364 e. The lowest BCUT2D eigenvalue weighted by atomic mass is 10.2. The average molecular weight is 279 g/mol. The highest BCUT2D eigenvalue weighted by atomic mass is 16.6. The second-order valence-electron chi connectivity index (χ2n) is 4.98. The van der Waals surface area contributed by atoms with E-state index in [1.807, 2.05) is 6.92 Å². The quantitative estimate of drug-likeness (QED) is 0.636. The van der Waals surface area contributed by atoms with Gasteiger partial charge in [0.2, 0.25) is 11.6 Å². The van der Waals surface area contributed by atoms with Gasteiger partial charge in [0.25, 0.3) is 0 Å². The van der Waals surface area contributed by atoms with E-state index >= 15 is 0 Å². The summed E-state index contributed by atoms with van der Waals surface area (Å²) in [6.45, 7) is 5.60. The Balaban J connectivity index is 2.38. The summed E-state index contributed by atoms with van der Waals surface area (Å²) in [5.41, 5.74) is 0.00120. The molecule has 0 saturated carbocycles. The first kappa shape index (κ1) is 14.5. The predicted molar refractivity (Wildman–Crippen MR) is 78.1 cm³/mol. The van der Waals surface area contributed by atoms with Gasteiger partial charge in [0, 0.05) is 19.1 Å². The second kappa shape index (κ2) is 6.49. The van der Waals surface area contributed by atoms with E-state index in [2.05, 4.69) is 27.1 Å². The van der Waals surface area contributed by atoms with Gasteiger partial charge in [-0.05, 0) is 25.7 Å². The summed E-state index contributed by atoms with van der Waals surface area (Å²) in [6, 6.07) is 0.336. The normalized spacial score (nSPS) is 18.3. The summed E-state index contributed by atoms with van der Waals surface area (Å²) in [4.78, 5) is 21.3. The number of hydrogen-bond acceptors (Lipinski definition) is 6. The smallest absolute Gasteiger partial charge is 0.353 e. The van der Waals surface area contributed by atoms with Gasteiger partial charge < -0.3 is 10.2 Å². The van der Waals surface area contributed by atoms with Crippen molar-refractivity contribution in [3.05, 3.63) is 16.4 Å². The van der Waals surface area contributed by atoms with Crippen molar-refractivity contribution in [1.82, 2.24) is 9.97 Å². The van der Waals surface area contributed by atoms with Crippen LogP contribution in [0.5, 0.6) is 0 Å². The van der Waals surface area contributed by atoms with Crippen LogP contribution in [0.3, 0.4) is 0 Å². The Labute approximate surface area is 118 Å². The lowest BCUT2D eigenvalue weighted by Gasteiger charge is -2.24. The van der Waals surface area contributed by atoms with E-state index < -0.39 is 0 Å². The molecule has 1 aromatic rings. The molecule has 0 bridgehead atoms. The van der Waals surface area contributed by atoms with Crippen molar-refractivity contribution in [2.24, 2.45) is 0 Å². The van der Waals surface area contributed by atoms with Crippen LogP contribution in [-0.4, -0.2) is 34.0 Å². The summed E-state index contributed by atoms with van der Waals surface area (Å²) in [6.07, 6.45) is 5.38. The molecule has 7 heteroatoms. The van der Waals surface area contributed by atoms with Crippen LogP contribution in [-0.2, 0) is 0 Å². The molecule has 0 aliphatic carbocycles. The third-order valence-corrected chi connectivity index (χ3v) is 3.65. The molecule has 1 unspecified atom stereocenters. The molecule has 1 aromatic heterocycles. The molecule has 1 aliphatic heterocycles. The van der Waals surface area contributed by atoms with E-state index in [-0.39, 0.29) is 10.6 Å². The van der Waals surface area contributed by atoms with Gasteiger partial charge in [-0.1, -0.05) is 13.8 Å². The Hall–Kier alpha value is -1.92. The SMILES string of the molecule is CCCNc1ncnc(N2CCCC2CC)c1[N+](=O)[O-]. The van der Waals surface area contributed by atoms with Gasteiger partial charge in [-0.3, -0.25) is 10.1 Å². The number of nitrogens with one attached hydrogen (secondary N) is 1. The third kappa shape index (κ3) is 2.81. The molecular weight excluding hydrogens is 258 g/mol. The van der Waals surface area contributed by atoms with Crippen molar-refractivity contribution in [2.45, 2.75) is 45.6 Å². The molecule has 1 atom stereocenters. The molecule has 2 heterocycles. The summed E-state index contributed by atoms with van der Waals surface area (Å²) in [7, 11) is 0. The zero-order valence-corrected chi connectivity index (χ0v) is 12.0. The zero-order chi connectivity index (χ0) is 14.5. The van der Waals surface area contributed by atoms with Crippen LogP contribution in [0.2, 0.25) is 0 Å². The Morgan fingerprint density at radius 1 is 1.50 bits per heavy atom. The number of nitrogens with zero attached hydrogens (tertiary/aromatic N) is 4. The zero-order valence-electron chi connectivity index (χ0n) is 12.0. The van der Waals surface area contributed by atoms with E-state index in [0.29, 0.717) is 24.2 Å². The lowest BCUT2D eigenvalue weighted by Crippen LogP contribution is -2.30. The molecule has 0 aromatic carbocycles. The van der Waals surface area contributed by atoms with Gasteiger partial charge in [0.15, 0.2) is 0 Å². The van der Waals surface area contributed by atoms with E-state index in [9.17, 15) is 10.1 Å². The highest BCUT2D eigenvalue weighted by Gasteiger charge is 2.32. The fourth-order valence-electron chi connectivity index (χ4n) is 2.66. The van der Waals surface area contributed by atoms with Crippen molar-refractivity contribution in [3.63, 3.8) is 0 Å². The van der Waals surface area contributed by atoms with Gasteiger partial charge in [-0.25, -0.2) is 9.97 Å².